The quantitative estimate of drug-likeness (QED) is 0.762. The molecule has 1 aromatic carbocycles. The van der Waals surface area contributed by atoms with Gasteiger partial charge >= 0.3 is 0 Å². The highest BCUT2D eigenvalue weighted by Gasteiger charge is 2.28. The highest BCUT2D eigenvalue weighted by Crippen LogP contribution is 2.19. The van der Waals surface area contributed by atoms with Crippen molar-refractivity contribution in [1.82, 2.24) is 4.90 Å². The summed E-state index contributed by atoms with van der Waals surface area (Å²) in [5.74, 6) is -0.538. The van der Waals surface area contributed by atoms with Crippen molar-refractivity contribution in [2.45, 2.75) is 19.3 Å². The fraction of sp³-hybridized carbons (Fsp3) is 0.385. The van der Waals surface area contributed by atoms with Crippen LogP contribution in [0.5, 0.6) is 5.75 Å². The largest absolute Gasteiger partial charge is 0.494 e. The molecule has 18 heavy (non-hydrogen) atoms. The van der Waals surface area contributed by atoms with Gasteiger partial charge in [-0.3, -0.25) is 14.5 Å². The highest BCUT2D eigenvalue weighted by molar-refractivity contribution is 6.01. The second-order valence-corrected chi connectivity index (χ2v) is 4.16. The van der Waals surface area contributed by atoms with Crippen LogP contribution in [0.1, 0.15) is 18.4 Å². The molecule has 1 aromatic rings. The monoisotopic (exact) mass is 251 g/mol. The Morgan fingerprint density at radius 2 is 1.94 bits per heavy atom. The van der Waals surface area contributed by atoms with E-state index in [4.69, 9.17) is 4.74 Å². The van der Waals surface area contributed by atoms with Crippen LogP contribution in [0.15, 0.2) is 18.2 Å². The van der Waals surface area contributed by atoms with Crippen molar-refractivity contribution in [1.29, 1.82) is 0 Å². The fourth-order valence-corrected chi connectivity index (χ4v) is 1.98. The van der Waals surface area contributed by atoms with Crippen molar-refractivity contribution < 1.29 is 18.7 Å². The van der Waals surface area contributed by atoms with Crippen LogP contribution < -0.4 is 4.74 Å². The van der Waals surface area contributed by atoms with Crippen LogP contribution in [-0.4, -0.2) is 30.4 Å². The molecule has 0 unspecified atom stereocenters. The highest BCUT2D eigenvalue weighted by atomic mass is 19.1. The van der Waals surface area contributed by atoms with Gasteiger partial charge in [0.15, 0.2) is 11.6 Å². The Morgan fingerprint density at radius 1 is 1.28 bits per heavy atom. The number of rotatable bonds is 4. The molecule has 0 aromatic heterocycles. The third kappa shape index (κ3) is 2.50. The molecule has 2 rings (SSSR count). The van der Waals surface area contributed by atoms with E-state index in [0.29, 0.717) is 13.0 Å². The molecule has 0 saturated carbocycles. The van der Waals surface area contributed by atoms with E-state index in [1.807, 2.05) is 0 Å². The van der Waals surface area contributed by atoms with Gasteiger partial charge in [0.25, 0.3) is 0 Å². The van der Waals surface area contributed by atoms with E-state index >= 15 is 0 Å². The summed E-state index contributed by atoms with van der Waals surface area (Å²) in [6, 6.07) is 4.63. The first-order valence-electron chi connectivity index (χ1n) is 5.77. The lowest BCUT2D eigenvalue weighted by molar-refractivity contribution is -0.138. The van der Waals surface area contributed by atoms with Gasteiger partial charge in [-0.2, -0.15) is 0 Å². The number of benzene rings is 1. The summed E-state index contributed by atoms with van der Waals surface area (Å²) in [7, 11) is 1.40. The van der Waals surface area contributed by atoms with E-state index < -0.39 is 5.82 Å². The van der Waals surface area contributed by atoms with E-state index in [1.165, 1.54) is 24.1 Å². The number of halogens is 1. The van der Waals surface area contributed by atoms with Crippen LogP contribution >= 0.6 is 0 Å². The number of amides is 2. The maximum Gasteiger partial charge on any atom is 0.229 e. The topological polar surface area (TPSA) is 46.6 Å². The normalized spacial score (nSPS) is 15.3. The molecule has 0 spiro atoms. The van der Waals surface area contributed by atoms with Gasteiger partial charge in [0.1, 0.15) is 0 Å². The summed E-state index contributed by atoms with van der Waals surface area (Å²) < 4.78 is 18.3. The fourth-order valence-electron chi connectivity index (χ4n) is 1.98. The van der Waals surface area contributed by atoms with Gasteiger partial charge in [-0.1, -0.05) is 6.07 Å². The predicted molar refractivity (Wildman–Crippen MR) is 62.6 cm³/mol. The molecule has 0 aliphatic carbocycles. The van der Waals surface area contributed by atoms with Gasteiger partial charge in [0.05, 0.1) is 7.11 Å². The van der Waals surface area contributed by atoms with E-state index in [1.54, 1.807) is 6.07 Å². The third-order valence-electron chi connectivity index (χ3n) is 3.00. The summed E-state index contributed by atoms with van der Waals surface area (Å²) in [6.07, 6.45) is 1.03. The van der Waals surface area contributed by atoms with Crippen molar-refractivity contribution >= 4 is 11.8 Å². The Morgan fingerprint density at radius 3 is 2.50 bits per heavy atom. The van der Waals surface area contributed by atoms with Crippen molar-refractivity contribution in [2.75, 3.05) is 13.7 Å². The van der Waals surface area contributed by atoms with Gasteiger partial charge < -0.3 is 4.74 Å². The molecule has 1 saturated heterocycles. The van der Waals surface area contributed by atoms with Gasteiger partial charge in [-0.05, 0) is 24.1 Å². The standard InChI is InChI=1S/C13H14FNO3/c1-18-11-3-2-9(8-10(11)14)6-7-15-12(16)4-5-13(15)17/h2-3,8H,4-7H2,1H3. The molecule has 0 N–H and O–H groups in total. The number of imide groups is 1. The average molecular weight is 251 g/mol. The van der Waals surface area contributed by atoms with Gasteiger partial charge in [-0.15, -0.1) is 0 Å². The van der Waals surface area contributed by atoms with Crippen molar-refractivity contribution in [3.63, 3.8) is 0 Å². The second-order valence-electron chi connectivity index (χ2n) is 4.16. The molecule has 0 radical (unpaired) electrons. The summed E-state index contributed by atoms with van der Waals surface area (Å²) >= 11 is 0. The first-order chi connectivity index (χ1) is 8.61. The second kappa shape index (κ2) is 5.16. The van der Waals surface area contributed by atoms with E-state index in [2.05, 4.69) is 0 Å². The zero-order valence-electron chi connectivity index (χ0n) is 10.1. The minimum Gasteiger partial charge on any atom is -0.494 e. The number of ether oxygens (including phenoxy) is 1. The maximum atomic E-state index is 13.4. The Labute approximate surface area is 104 Å². The van der Waals surface area contributed by atoms with Crippen molar-refractivity contribution in [2.24, 2.45) is 0 Å². The van der Waals surface area contributed by atoms with Crippen LogP contribution in [0.25, 0.3) is 0 Å². The summed E-state index contributed by atoms with van der Waals surface area (Å²) in [6.45, 7) is 0.309. The summed E-state index contributed by atoms with van der Waals surface area (Å²) in [5.41, 5.74) is 0.737. The lowest BCUT2D eigenvalue weighted by atomic mass is 10.1. The lowest BCUT2D eigenvalue weighted by Crippen LogP contribution is -2.31. The minimum atomic E-state index is -0.436. The zero-order valence-corrected chi connectivity index (χ0v) is 10.1. The number of methoxy groups -OCH3 is 1. The Bertz CT molecular complexity index is 471. The molecule has 1 heterocycles. The number of nitrogens with zero attached hydrogens (tertiary/aromatic N) is 1. The SMILES string of the molecule is COc1ccc(CCN2C(=O)CCC2=O)cc1F. The number of carbonyl (C=O) groups is 2. The summed E-state index contributed by atoms with van der Waals surface area (Å²) in [5, 5.41) is 0. The molecule has 5 heteroatoms. The minimum absolute atomic E-state index is 0.144. The Balaban J connectivity index is 2.00. The van der Waals surface area contributed by atoms with Crippen molar-refractivity contribution in [3.05, 3.63) is 29.6 Å². The van der Waals surface area contributed by atoms with E-state index in [-0.39, 0.29) is 30.4 Å². The zero-order chi connectivity index (χ0) is 13.1. The van der Waals surface area contributed by atoms with Gasteiger partial charge in [0, 0.05) is 19.4 Å². The van der Waals surface area contributed by atoms with Crippen LogP contribution in [-0.2, 0) is 16.0 Å². The van der Waals surface area contributed by atoms with Crippen molar-refractivity contribution in [3.8, 4) is 5.75 Å². The summed E-state index contributed by atoms with van der Waals surface area (Å²) in [4.78, 5) is 24.0. The van der Waals surface area contributed by atoms with E-state index in [0.717, 1.165) is 5.56 Å². The average Bonchev–Trinajstić information content (AvgIpc) is 2.67. The smallest absolute Gasteiger partial charge is 0.229 e. The van der Waals surface area contributed by atoms with Crippen LogP contribution in [0.4, 0.5) is 4.39 Å². The van der Waals surface area contributed by atoms with Crippen LogP contribution in [0, 0.1) is 5.82 Å². The molecular weight excluding hydrogens is 237 g/mol. The molecule has 96 valence electrons. The molecule has 2 amide bonds. The molecule has 1 aliphatic rings. The number of hydrogen-bond acceptors (Lipinski definition) is 3. The molecule has 1 fully saturated rings. The van der Waals surface area contributed by atoms with Crippen LogP contribution in [0.2, 0.25) is 0 Å². The Hall–Kier alpha value is -1.91. The first kappa shape index (κ1) is 12.5. The third-order valence-corrected chi connectivity index (χ3v) is 3.00. The van der Waals surface area contributed by atoms with Crippen LogP contribution in [0.3, 0.4) is 0 Å². The first-order valence-corrected chi connectivity index (χ1v) is 5.77. The molecular formula is C13H14FNO3. The molecule has 1 aliphatic heterocycles. The molecule has 4 nitrogen and oxygen atoms in total. The number of carbonyl (C=O) groups excluding carboxylic acids is 2. The molecule has 0 atom stereocenters. The lowest BCUT2D eigenvalue weighted by Gasteiger charge is -2.13. The van der Waals surface area contributed by atoms with E-state index in [9.17, 15) is 14.0 Å². The number of hydrogen-bond donors (Lipinski definition) is 0. The number of likely N-dealkylation sites (tertiary alicyclic amines) is 1. The van der Waals surface area contributed by atoms with Gasteiger partial charge in [-0.25, -0.2) is 4.39 Å². The van der Waals surface area contributed by atoms with Gasteiger partial charge in [0.2, 0.25) is 11.8 Å². The Kier molecular flexibility index (Phi) is 3.60. The predicted octanol–water partition coefficient (Wildman–Crippen LogP) is 1.53. The molecule has 0 bridgehead atoms. The maximum absolute atomic E-state index is 13.4.